The average molecular weight is 473 g/mol. The third-order valence-electron chi connectivity index (χ3n) is 5.67. The minimum Gasteiger partial charge on any atom is -0.482 e. The molecule has 8 nitrogen and oxygen atoms in total. The first kappa shape index (κ1) is 23.8. The van der Waals surface area contributed by atoms with Crippen molar-refractivity contribution in [1.29, 1.82) is 0 Å². The molecule has 2 saturated heterocycles. The topological polar surface area (TPSA) is 93.2 Å². The molecule has 0 aromatic heterocycles. The Hall–Kier alpha value is -1.84. The Morgan fingerprint density at radius 3 is 2.39 bits per heavy atom. The second kappa shape index (κ2) is 10.7. The van der Waals surface area contributed by atoms with E-state index < -0.39 is 10.0 Å². The zero-order valence-corrected chi connectivity index (χ0v) is 19.3. The van der Waals surface area contributed by atoms with Crippen molar-refractivity contribution in [3.8, 4) is 5.75 Å². The normalized spacial score (nSPS) is 18.6. The summed E-state index contributed by atoms with van der Waals surface area (Å²) in [5.41, 5.74) is 0. The maximum atomic E-state index is 12.8. The lowest BCUT2D eigenvalue weighted by Crippen LogP contribution is -2.42. The standard InChI is InChI=1S/C21H29ClN2O6S/c1-2-29-21(26)16-8-12-23(13-9-16)20(25)15-30-19-7-6-17(14-18(19)22)31(27,28)24-10-4-3-5-11-24/h6-7,14,16H,2-5,8-13,15H2,1H3. The number of halogens is 1. The van der Waals surface area contributed by atoms with Gasteiger partial charge >= 0.3 is 5.97 Å². The number of nitrogens with zero attached hydrogens (tertiary/aromatic N) is 2. The van der Waals surface area contributed by atoms with Crippen LogP contribution in [0, 0.1) is 5.92 Å². The van der Waals surface area contributed by atoms with E-state index in [-0.39, 0.29) is 40.1 Å². The van der Waals surface area contributed by atoms with Crippen molar-refractivity contribution in [1.82, 2.24) is 9.21 Å². The maximum Gasteiger partial charge on any atom is 0.309 e. The van der Waals surface area contributed by atoms with E-state index >= 15 is 0 Å². The van der Waals surface area contributed by atoms with Gasteiger partial charge in [0, 0.05) is 26.2 Å². The van der Waals surface area contributed by atoms with Crippen molar-refractivity contribution in [3.05, 3.63) is 23.2 Å². The number of ether oxygens (including phenoxy) is 2. The van der Waals surface area contributed by atoms with Gasteiger partial charge in [0.15, 0.2) is 6.61 Å². The van der Waals surface area contributed by atoms with Gasteiger partial charge in [-0.1, -0.05) is 18.0 Å². The highest BCUT2D eigenvalue weighted by Gasteiger charge is 2.29. The Kier molecular flexibility index (Phi) is 8.18. The number of likely N-dealkylation sites (tertiary alicyclic amines) is 1. The molecule has 1 aromatic carbocycles. The summed E-state index contributed by atoms with van der Waals surface area (Å²) >= 11 is 6.24. The van der Waals surface area contributed by atoms with Gasteiger partial charge in [-0.05, 0) is 50.8 Å². The summed E-state index contributed by atoms with van der Waals surface area (Å²) in [5, 5.41) is 0.145. The number of sulfonamides is 1. The van der Waals surface area contributed by atoms with Gasteiger partial charge in [-0.25, -0.2) is 8.42 Å². The number of carbonyl (C=O) groups is 2. The molecule has 0 N–H and O–H groups in total. The monoisotopic (exact) mass is 472 g/mol. The predicted molar refractivity (Wildman–Crippen MR) is 115 cm³/mol. The van der Waals surface area contributed by atoms with Gasteiger partial charge in [0.1, 0.15) is 5.75 Å². The summed E-state index contributed by atoms with van der Waals surface area (Å²) in [6.45, 7) is 3.87. The molecule has 0 unspecified atom stereocenters. The van der Waals surface area contributed by atoms with Crippen molar-refractivity contribution < 1.29 is 27.5 Å². The molecule has 3 rings (SSSR count). The smallest absolute Gasteiger partial charge is 0.309 e. The number of esters is 1. The van der Waals surface area contributed by atoms with Gasteiger partial charge in [0.2, 0.25) is 10.0 Å². The highest BCUT2D eigenvalue weighted by molar-refractivity contribution is 7.89. The number of hydrogen-bond donors (Lipinski definition) is 0. The Morgan fingerprint density at radius 1 is 1.10 bits per heavy atom. The van der Waals surface area contributed by atoms with Crippen molar-refractivity contribution in [2.45, 2.75) is 43.9 Å². The van der Waals surface area contributed by atoms with Gasteiger partial charge < -0.3 is 14.4 Å². The van der Waals surface area contributed by atoms with Gasteiger partial charge in [0.25, 0.3) is 5.91 Å². The molecule has 0 atom stereocenters. The molecule has 31 heavy (non-hydrogen) atoms. The van der Waals surface area contributed by atoms with Crippen molar-refractivity contribution in [2.24, 2.45) is 5.92 Å². The second-order valence-corrected chi connectivity index (χ2v) is 10.1. The van der Waals surface area contributed by atoms with Gasteiger partial charge in [0.05, 0.1) is 22.4 Å². The predicted octanol–water partition coefficient (Wildman–Crippen LogP) is 2.70. The van der Waals surface area contributed by atoms with Crippen LogP contribution in [0.2, 0.25) is 5.02 Å². The largest absolute Gasteiger partial charge is 0.482 e. The van der Waals surface area contributed by atoms with E-state index in [1.165, 1.54) is 22.5 Å². The van der Waals surface area contributed by atoms with Crippen LogP contribution in [0.4, 0.5) is 0 Å². The molecule has 172 valence electrons. The fraction of sp³-hybridized carbons (Fsp3) is 0.619. The van der Waals surface area contributed by atoms with Crippen LogP contribution < -0.4 is 4.74 Å². The molecular weight excluding hydrogens is 444 g/mol. The highest BCUT2D eigenvalue weighted by atomic mass is 35.5. The quantitative estimate of drug-likeness (QED) is 0.566. The first-order chi connectivity index (χ1) is 14.8. The number of benzene rings is 1. The Labute approximate surface area is 188 Å². The summed E-state index contributed by atoms with van der Waals surface area (Å²) in [6, 6.07) is 4.32. The second-order valence-electron chi connectivity index (χ2n) is 7.75. The molecule has 0 bridgehead atoms. The van der Waals surface area contributed by atoms with E-state index in [1.54, 1.807) is 11.8 Å². The maximum absolute atomic E-state index is 12.8. The molecule has 0 radical (unpaired) electrons. The number of rotatable bonds is 7. The number of piperidine rings is 2. The van der Waals surface area contributed by atoms with Gasteiger partial charge in [-0.2, -0.15) is 4.31 Å². The number of amides is 1. The first-order valence-electron chi connectivity index (χ1n) is 10.7. The van der Waals surface area contributed by atoms with Crippen LogP contribution >= 0.6 is 11.6 Å². The summed E-state index contributed by atoms with van der Waals surface area (Å²) in [5.74, 6) is -0.330. The molecule has 0 aliphatic carbocycles. The van der Waals surface area contributed by atoms with Crippen molar-refractivity contribution >= 4 is 33.5 Å². The van der Waals surface area contributed by atoms with Crippen LogP contribution in [0.3, 0.4) is 0 Å². The molecule has 2 aliphatic rings. The summed E-state index contributed by atoms with van der Waals surface area (Å²) in [6.07, 6.45) is 3.87. The Bertz CT molecular complexity index is 893. The van der Waals surface area contributed by atoms with E-state index in [2.05, 4.69) is 0 Å². The zero-order chi connectivity index (χ0) is 22.4. The van der Waals surface area contributed by atoms with Crippen LogP contribution in [0.5, 0.6) is 5.75 Å². The Balaban J connectivity index is 1.54. The van der Waals surface area contributed by atoms with Crippen LogP contribution in [0.25, 0.3) is 0 Å². The lowest BCUT2D eigenvalue weighted by Gasteiger charge is -2.30. The third kappa shape index (κ3) is 5.90. The van der Waals surface area contributed by atoms with Crippen LogP contribution in [-0.2, 0) is 24.3 Å². The molecule has 2 fully saturated rings. The summed E-state index contributed by atoms with van der Waals surface area (Å²) in [7, 11) is -3.59. The van der Waals surface area contributed by atoms with E-state index in [0.29, 0.717) is 45.6 Å². The molecule has 1 amide bonds. The lowest BCUT2D eigenvalue weighted by atomic mass is 9.97. The van der Waals surface area contributed by atoms with E-state index in [1.807, 2.05) is 0 Å². The van der Waals surface area contributed by atoms with E-state index in [4.69, 9.17) is 21.1 Å². The first-order valence-corrected chi connectivity index (χ1v) is 12.5. The third-order valence-corrected chi connectivity index (χ3v) is 7.86. The van der Waals surface area contributed by atoms with Crippen LogP contribution in [0.15, 0.2) is 23.1 Å². The summed E-state index contributed by atoms with van der Waals surface area (Å²) < 4.78 is 37.6. The van der Waals surface area contributed by atoms with Crippen molar-refractivity contribution in [2.75, 3.05) is 39.4 Å². The molecular formula is C21H29ClN2O6S. The van der Waals surface area contributed by atoms with E-state index in [9.17, 15) is 18.0 Å². The lowest BCUT2D eigenvalue weighted by molar-refractivity contribution is -0.151. The molecule has 0 spiro atoms. The zero-order valence-electron chi connectivity index (χ0n) is 17.7. The molecule has 1 aromatic rings. The molecule has 0 saturated carbocycles. The fourth-order valence-corrected chi connectivity index (χ4v) is 5.71. The minimum atomic E-state index is -3.59. The SMILES string of the molecule is CCOC(=O)C1CCN(C(=O)COc2ccc(S(=O)(=O)N3CCCCC3)cc2Cl)CC1. The molecule has 10 heteroatoms. The molecule has 2 aliphatic heterocycles. The number of hydrogen-bond acceptors (Lipinski definition) is 6. The fourth-order valence-electron chi connectivity index (χ4n) is 3.87. The highest BCUT2D eigenvalue weighted by Crippen LogP contribution is 2.30. The molecule has 2 heterocycles. The minimum absolute atomic E-state index is 0.124. The van der Waals surface area contributed by atoms with Gasteiger partial charge in [-0.3, -0.25) is 9.59 Å². The average Bonchev–Trinajstić information content (AvgIpc) is 2.79. The van der Waals surface area contributed by atoms with Crippen LogP contribution in [-0.4, -0.2) is 68.9 Å². The van der Waals surface area contributed by atoms with Crippen molar-refractivity contribution in [3.63, 3.8) is 0 Å². The Morgan fingerprint density at radius 2 is 1.77 bits per heavy atom. The van der Waals surface area contributed by atoms with E-state index in [0.717, 1.165) is 19.3 Å². The number of carbonyl (C=O) groups excluding carboxylic acids is 2. The van der Waals surface area contributed by atoms with Crippen LogP contribution in [0.1, 0.15) is 39.0 Å². The summed E-state index contributed by atoms with van der Waals surface area (Å²) in [4.78, 5) is 26.0. The van der Waals surface area contributed by atoms with Gasteiger partial charge in [-0.15, -0.1) is 0 Å².